The van der Waals surface area contributed by atoms with Gasteiger partial charge in [-0.25, -0.2) is 0 Å². The first kappa shape index (κ1) is 14.0. The van der Waals surface area contributed by atoms with E-state index in [1.54, 1.807) is 0 Å². The minimum atomic E-state index is 0.0489. The molecule has 0 aliphatic heterocycles. The normalized spacial score (nSPS) is 10.2. The third-order valence-corrected chi connectivity index (χ3v) is 4.04. The number of halogens is 2. The fraction of sp³-hybridized carbons (Fsp3) is 0.0667. The van der Waals surface area contributed by atoms with Crippen molar-refractivity contribution in [1.82, 2.24) is 0 Å². The molecule has 0 unspecified atom stereocenters. The van der Waals surface area contributed by atoms with Crippen LogP contribution in [-0.2, 0) is 0 Å². The molecule has 0 spiro atoms. The van der Waals surface area contributed by atoms with Gasteiger partial charge >= 0.3 is 0 Å². The molecule has 2 aromatic rings. The molecule has 1 nitrogen and oxygen atoms in total. The molecule has 2 rings (SSSR count). The van der Waals surface area contributed by atoms with Gasteiger partial charge in [0.2, 0.25) is 0 Å². The Morgan fingerprint density at radius 2 is 1.22 bits per heavy atom. The van der Waals surface area contributed by atoms with Gasteiger partial charge in [-0.1, -0.05) is 30.3 Å². The van der Waals surface area contributed by atoms with Gasteiger partial charge in [-0.3, -0.25) is 0 Å². The Bertz CT molecular complexity index is 494. The minimum absolute atomic E-state index is 0.0489. The first-order valence-corrected chi connectivity index (χ1v) is 7.69. The van der Waals surface area contributed by atoms with Crippen molar-refractivity contribution < 1.29 is 5.11 Å². The van der Waals surface area contributed by atoms with Crippen LogP contribution in [0.4, 0.5) is 0 Å². The highest BCUT2D eigenvalue weighted by atomic mass is 127. The van der Waals surface area contributed by atoms with Crippen molar-refractivity contribution in [2.24, 2.45) is 0 Å². The summed E-state index contributed by atoms with van der Waals surface area (Å²) >= 11 is 4.58. The SMILES string of the molecule is OCC=C(c1ccc(I)cc1)c1ccc(I)cc1. The summed E-state index contributed by atoms with van der Waals surface area (Å²) in [6.45, 7) is 0.0489. The zero-order chi connectivity index (χ0) is 13.0. The van der Waals surface area contributed by atoms with E-state index in [-0.39, 0.29) is 6.61 Å². The average Bonchev–Trinajstić information content (AvgIpc) is 2.39. The molecule has 0 radical (unpaired) electrons. The predicted molar refractivity (Wildman–Crippen MR) is 92.5 cm³/mol. The van der Waals surface area contributed by atoms with Crippen LogP contribution < -0.4 is 0 Å². The van der Waals surface area contributed by atoms with Gasteiger partial charge in [0.1, 0.15) is 0 Å². The van der Waals surface area contributed by atoms with E-state index in [0.717, 1.165) is 16.7 Å². The molecule has 1 N–H and O–H groups in total. The summed E-state index contributed by atoms with van der Waals surface area (Å²) in [5.41, 5.74) is 3.33. The molecule has 0 aromatic heterocycles. The first-order chi connectivity index (χ1) is 8.70. The minimum Gasteiger partial charge on any atom is -0.392 e. The second-order valence-electron chi connectivity index (χ2n) is 3.81. The van der Waals surface area contributed by atoms with Crippen molar-refractivity contribution in [3.8, 4) is 0 Å². The molecule has 0 atom stereocenters. The number of hydrogen-bond donors (Lipinski definition) is 1. The molecule has 2 aromatic carbocycles. The van der Waals surface area contributed by atoms with Gasteiger partial charge in [0.05, 0.1) is 6.61 Å². The molecule has 92 valence electrons. The van der Waals surface area contributed by atoms with Crippen LogP contribution in [0.1, 0.15) is 11.1 Å². The maximum atomic E-state index is 9.19. The molecular formula is C15H12I2O. The van der Waals surface area contributed by atoms with Crippen molar-refractivity contribution in [3.63, 3.8) is 0 Å². The summed E-state index contributed by atoms with van der Waals surface area (Å²) in [7, 11) is 0. The van der Waals surface area contributed by atoms with Gasteiger partial charge in [-0.2, -0.15) is 0 Å². The lowest BCUT2D eigenvalue weighted by molar-refractivity contribution is 0.343. The Labute approximate surface area is 134 Å². The fourth-order valence-corrected chi connectivity index (χ4v) is 2.47. The summed E-state index contributed by atoms with van der Waals surface area (Å²) in [6, 6.07) is 16.6. The fourth-order valence-electron chi connectivity index (χ4n) is 1.75. The van der Waals surface area contributed by atoms with E-state index in [1.807, 2.05) is 6.08 Å². The summed E-state index contributed by atoms with van der Waals surface area (Å²) in [5.74, 6) is 0. The first-order valence-electron chi connectivity index (χ1n) is 5.53. The third kappa shape index (κ3) is 3.55. The zero-order valence-corrected chi connectivity index (χ0v) is 13.9. The molecule has 0 saturated heterocycles. The highest BCUT2D eigenvalue weighted by molar-refractivity contribution is 14.1. The number of rotatable bonds is 3. The van der Waals surface area contributed by atoms with Gasteiger partial charge in [0, 0.05) is 7.14 Å². The quantitative estimate of drug-likeness (QED) is 0.675. The van der Waals surface area contributed by atoms with Crippen LogP contribution >= 0.6 is 45.2 Å². The van der Waals surface area contributed by atoms with Crippen LogP contribution in [-0.4, -0.2) is 11.7 Å². The Hall–Kier alpha value is -0.400. The summed E-state index contributed by atoms with van der Waals surface area (Å²) in [6.07, 6.45) is 1.85. The standard InChI is InChI=1S/C15H12I2O/c16-13-5-1-11(2-6-13)15(9-10-18)12-3-7-14(17)8-4-12/h1-9,18H,10H2. The average molecular weight is 462 g/mol. The Balaban J connectivity index is 2.43. The van der Waals surface area contributed by atoms with Crippen LogP contribution in [0.5, 0.6) is 0 Å². The van der Waals surface area contributed by atoms with Crippen molar-refractivity contribution in [2.45, 2.75) is 0 Å². The molecule has 0 bridgehead atoms. The Kier molecular flexibility index (Phi) is 5.20. The van der Waals surface area contributed by atoms with Crippen molar-refractivity contribution in [2.75, 3.05) is 6.61 Å². The van der Waals surface area contributed by atoms with E-state index in [9.17, 15) is 5.11 Å². The number of hydrogen-bond acceptors (Lipinski definition) is 1. The zero-order valence-electron chi connectivity index (χ0n) is 9.61. The van der Waals surface area contributed by atoms with E-state index in [2.05, 4.69) is 93.7 Å². The predicted octanol–water partition coefficient (Wildman–Crippen LogP) is 4.32. The summed E-state index contributed by atoms with van der Waals surface area (Å²) in [4.78, 5) is 0. The van der Waals surface area contributed by atoms with E-state index in [0.29, 0.717) is 0 Å². The van der Waals surface area contributed by atoms with E-state index in [1.165, 1.54) is 7.14 Å². The van der Waals surface area contributed by atoms with E-state index in [4.69, 9.17) is 0 Å². The van der Waals surface area contributed by atoms with E-state index >= 15 is 0 Å². The topological polar surface area (TPSA) is 20.2 Å². The summed E-state index contributed by atoms with van der Waals surface area (Å²) < 4.78 is 2.42. The lowest BCUT2D eigenvalue weighted by Crippen LogP contribution is -1.90. The van der Waals surface area contributed by atoms with Crippen LogP contribution in [0.15, 0.2) is 54.6 Å². The third-order valence-electron chi connectivity index (χ3n) is 2.61. The monoisotopic (exact) mass is 462 g/mol. The lowest BCUT2D eigenvalue weighted by atomic mass is 9.98. The lowest BCUT2D eigenvalue weighted by Gasteiger charge is -2.08. The Morgan fingerprint density at radius 3 is 1.56 bits per heavy atom. The van der Waals surface area contributed by atoms with Gasteiger partial charge in [-0.05, 0) is 86.1 Å². The van der Waals surface area contributed by atoms with Crippen LogP contribution in [0.25, 0.3) is 5.57 Å². The second-order valence-corrected chi connectivity index (χ2v) is 6.31. The van der Waals surface area contributed by atoms with Gasteiger partial charge < -0.3 is 5.11 Å². The highest BCUT2D eigenvalue weighted by Crippen LogP contribution is 2.24. The molecule has 0 amide bonds. The molecule has 0 fully saturated rings. The van der Waals surface area contributed by atoms with Gasteiger partial charge in [0.15, 0.2) is 0 Å². The molecule has 0 heterocycles. The molecule has 0 saturated carbocycles. The van der Waals surface area contributed by atoms with Gasteiger partial charge in [0.25, 0.3) is 0 Å². The number of aliphatic hydroxyl groups excluding tert-OH is 1. The molecular weight excluding hydrogens is 450 g/mol. The van der Waals surface area contributed by atoms with Crippen molar-refractivity contribution in [3.05, 3.63) is 72.9 Å². The maximum absolute atomic E-state index is 9.19. The number of aliphatic hydroxyl groups is 1. The largest absolute Gasteiger partial charge is 0.392 e. The van der Waals surface area contributed by atoms with Gasteiger partial charge in [-0.15, -0.1) is 0 Å². The Morgan fingerprint density at radius 1 is 0.833 bits per heavy atom. The smallest absolute Gasteiger partial charge is 0.0621 e. The highest BCUT2D eigenvalue weighted by Gasteiger charge is 2.04. The molecule has 3 heteroatoms. The van der Waals surface area contributed by atoms with Crippen molar-refractivity contribution >= 4 is 50.8 Å². The molecule has 0 aliphatic rings. The molecule has 0 aliphatic carbocycles. The summed E-state index contributed by atoms with van der Waals surface area (Å²) in [5, 5.41) is 9.19. The van der Waals surface area contributed by atoms with Crippen LogP contribution in [0.3, 0.4) is 0 Å². The second kappa shape index (κ2) is 6.68. The maximum Gasteiger partial charge on any atom is 0.0621 e. The molecule has 18 heavy (non-hydrogen) atoms. The van der Waals surface area contributed by atoms with Crippen LogP contribution in [0, 0.1) is 7.14 Å². The van der Waals surface area contributed by atoms with Crippen LogP contribution in [0.2, 0.25) is 0 Å². The number of benzene rings is 2. The van der Waals surface area contributed by atoms with E-state index < -0.39 is 0 Å². The van der Waals surface area contributed by atoms with Crippen molar-refractivity contribution in [1.29, 1.82) is 0 Å².